The molecule has 3 nitrogen and oxygen atoms in total. The summed E-state index contributed by atoms with van der Waals surface area (Å²) in [5.41, 5.74) is 6.51. The Kier molecular flexibility index (Phi) is 2.84. The molecule has 1 unspecified atom stereocenters. The first kappa shape index (κ1) is 8.49. The van der Waals surface area contributed by atoms with Crippen molar-refractivity contribution in [2.75, 3.05) is 6.61 Å². The third-order valence-electron chi connectivity index (χ3n) is 1.24. The van der Waals surface area contributed by atoms with Gasteiger partial charge in [0, 0.05) is 11.4 Å². The van der Waals surface area contributed by atoms with Gasteiger partial charge >= 0.3 is 0 Å². The number of hydrogen-bond donors (Lipinski definition) is 1. The van der Waals surface area contributed by atoms with E-state index in [1.807, 2.05) is 19.2 Å². The van der Waals surface area contributed by atoms with Crippen molar-refractivity contribution in [1.29, 1.82) is 0 Å². The van der Waals surface area contributed by atoms with E-state index in [-0.39, 0.29) is 6.04 Å². The minimum absolute atomic E-state index is 0.000422. The van der Waals surface area contributed by atoms with Crippen molar-refractivity contribution >= 4 is 11.3 Å². The second-order valence-electron chi connectivity index (χ2n) is 2.26. The van der Waals surface area contributed by atoms with Crippen molar-refractivity contribution in [2.45, 2.75) is 19.9 Å². The summed E-state index contributed by atoms with van der Waals surface area (Å²) in [6.45, 7) is 4.50. The van der Waals surface area contributed by atoms with Gasteiger partial charge in [0.15, 0.2) is 0 Å². The molecule has 1 atom stereocenters. The Morgan fingerprint density at radius 1 is 1.82 bits per heavy atom. The number of nitrogens with two attached hydrogens (primary N) is 1. The normalized spacial score (nSPS) is 13.0. The summed E-state index contributed by atoms with van der Waals surface area (Å²) < 4.78 is 5.19. The molecule has 0 bridgehead atoms. The highest BCUT2D eigenvalue weighted by Gasteiger charge is 2.05. The van der Waals surface area contributed by atoms with Gasteiger partial charge in [-0.25, -0.2) is 4.98 Å². The molecule has 62 valence electrons. The zero-order valence-electron chi connectivity index (χ0n) is 6.70. The molecule has 0 saturated heterocycles. The third-order valence-corrected chi connectivity index (χ3v) is 2.01. The molecule has 0 aliphatic carbocycles. The second-order valence-corrected chi connectivity index (χ2v) is 3.08. The van der Waals surface area contributed by atoms with Gasteiger partial charge in [-0.15, -0.1) is 0 Å². The predicted molar refractivity (Wildman–Crippen MR) is 45.9 cm³/mol. The summed E-state index contributed by atoms with van der Waals surface area (Å²) in [5.74, 6) is 0. The van der Waals surface area contributed by atoms with Crippen molar-refractivity contribution in [3.8, 4) is 5.19 Å². The third kappa shape index (κ3) is 2.17. The van der Waals surface area contributed by atoms with E-state index in [0.717, 1.165) is 5.69 Å². The Morgan fingerprint density at radius 2 is 2.55 bits per heavy atom. The van der Waals surface area contributed by atoms with E-state index in [2.05, 4.69) is 4.98 Å². The molecular formula is C7H12N2OS. The summed E-state index contributed by atoms with van der Waals surface area (Å²) in [7, 11) is 0. The molecule has 1 aromatic rings. The first-order valence-electron chi connectivity index (χ1n) is 3.57. The fourth-order valence-corrected chi connectivity index (χ4v) is 1.50. The largest absolute Gasteiger partial charge is 0.470 e. The highest BCUT2D eigenvalue weighted by atomic mass is 32.1. The van der Waals surface area contributed by atoms with Crippen molar-refractivity contribution in [3.05, 3.63) is 11.1 Å². The van der Waals surface area contributed by atoms with E-state index >= 15 is 0 Å². The fourth-order valence-electron chi connectivity index (χ4n) is 0.668. The van der Waals surface area contributed by atoms with Crippen LogP contribution >= 0.6 is 11.3 Å². The molecule has 0 aromatic carbocycles. The smallest absolute Gasteiger partial charge is 0.273 e. The molecular weight excluding hydrogens is 160 g/mol. The van der Waals surface area contributed by atoms with E-state index in [1.165, 1.54) is 11.3 Å². The van der Waals surface area contributed by atoms with E-state index in [1.54, 1.807) is 0 Å². The number of rotatable bonds is 3. The first-order valence-corrected chi connectivity index (χ1v) is 4.45. The molecule has 1 rings (SSSR count). The van der Waals surface area contributed by atoms with Crippen molar-refractivity contribution in [2.24, 2.45) is 5.73 Å². The zero-order chi connectivity index (χ0) is 8.27. The van der Waals surface area contributed by atoms with Crippen LogP contribution in [0.15, 0.2) is 5.38 Å². The summed E-state index contributed by atoms with van der Waals surface area (Å²) >= 11 is 1.49. The monoisotopic (exact) mass is 172 g/mol. The van der Waals surface area contributed by atoms with E-state index in [4.69, 9.17) is 10.5 Å². The number of nitrogens with zero attached hydrogens (tertiary/aromatic N) is 1. The van der Waals surface area contributed by atoms with Crippen molar-refractivity contribution in [1.82, 2.24) is 4.98 Å². The molecule has 0 fully saturated rings. The van der Waals surface area contributed by atoms with Gasteiger partial charge in [-0.3, -0.25) is 0 Å². The lowest BCUT2D eigenvalue weighted by atomic mass is 10.3. The van der Waals surface area contributed by atoms with Gasteiger partial charge in [0.05, 0.1) is 12.3 Å². The van der Waals surface area contributed by atoms with Gasteiger partial charge in [-0.05, 0) is 13.8 Å². The average molecular weight is 172 g/mol. The van der Waals surface area contributed by atoms with Gasteiger partial charge in [-0.1, -0.05) is 11.3 Å². The van der Waals surface area contributed by atoms with Gasteiger partial charge in [0.1, 0.15) is 0 Å². The Balaban J connectivity index is 2.66. The van der Waals surface area contributed by atoms with Gasteiger partial charge in [-0.2, -0.15) is 0 Å². The van der Waals surface area contributed by atoms with Crippen LogP contribution in [0.3, 0.4) is 0 Å². The van der Waals surface area contributed by atoms with Crippen LogP contribution in [0.5, 0.6) is 5.19 Å². The van der Waals surface area contributed by atoms with Gasteiger partial charge in [0.25, 0.3) is 5.19 Å². The highest BCUT2D eigenvalue weighted by molar-refractivity contribution is 7.11. The lowest BCUT2D eigenvalue weighted by Crippen LogP contribution is -2.05. The molecule has 2 N–H and O–H groups in total. The maximum Gasteiger partial charge on any atom is 0.273 e. The van der Waals surface area contributed by atoms with Crippen LogP contribution in [0.4, 0.5) is 0 Å². The summed E-state index contributed by atoms with van der Waals surface area (Å²) in [5, 5.41) is 2.63. The maximum atomic E-state index is 5.61. The van der Waals surface area contributed by atoms with Crippen LogP contribution in [0.1, 0.15) is 25.6 Å². The van der Waals surface area contributed by atoms with Crippen LogP contribution in [-0.4, -0.2) is 11.6 Å². The lowest BCUT2D eigenvalue weighted by Gasteiger charge is -1.97. The molecule has 1 aromatic heterocycles. The summed E-state index contributed by atoms with van der Waals surface area (Å²) in [6.07, 6.45) is 0. The molecule has 4 heteroatoms. The Labute approximate surface area is 70.2 Å². The maximum absolute atomic E-state index is 5.61. The second kappa shape index (κ2) is 3.69. The number of thiazole rings is 1. The van der Waals surface area contributed by atoms with Crippen LogP contribution in [0.2, 0.25) is 0 Å². The Hall–Kier alpha value is -0.610. The van der Waals surface area contributed by atoms with E-state index in [0.29, 0.717) is 11.8 Å². The topological polar surface area (TPSA) is 48.1 Å². The minimum Gasteiger partial charge on any atom is -0.470 e. The summed E-state index contributed by atoms with van der Waals surface area (Å²) in [4.78, 5) is 4.17. The zero-order valence-corrected chi connectivity index (χ0v) is 7.52. The minimum atomic E-state index is 0.000422. The average Bonchev–Trinajstić information content (AvgIpc) is 2.37. The first-order chi connectivity index (χ1) is 5.24. The van der Waals surface area contributed by atoms with Gasteiger partial charge in [0.2, 0.25) is 0 Å². The molecule has 0 aliphatic rings. The SMILES string of the molecule is CCOc1nc(C(C)N)cs1. The van der Waals surface area contributed by atoms with Crippen LogP contribution in [0, 0.1) is 0 Å². The van der Waals surface area contributed by atoms with Crippen molar-refractivity contribution < 1.29 is 4.74 Å². The van der Waals surface area contributed by atoms with E-state index in [9.17, 15) is 0 Å². The Bertz CT molecular complexity index is 222. The standard InChI is InChI=1S/C7H12N2OS/c1-3-10-7-9-6(4-11-7)5(2)8/h4-5H,3,8H2,1-2H3. The lowest BCUT2D eigenvalue weighted by molar-refractivity contribution is 0.337. The van der Waals surface area contributed by atoms with Crippen LogP contribution in [0.25, 0.3) is 0 Å². The van der Waals surface area contributed by atoms with Crippen LogP contribution in [-0.2, 0) is 0 Å². The molecule has 0 aliphatic heterocycles. The number of ether oxygens (including phenoxy) is 1. The molecule has 0 amide bonds. The summed E-state index contributed by atoms with van der Waals surface area (Å²) in [6, 6.07) is 0.000422. The Morgan fingerprint density at radius 3 is 3.00 bits per heavy atom. The van der Waals surface area contributed by atoms with Crippen LogP contribution < -0.4 is 10.5 Å². The quantitative estimate of drug-likeness (QED) is 0.752. The van der Waals surface area contributed by atoms with Gasteiger partial charge < -0.3 is 10.5 Å². The molecule has 0 saturated carbocycles. The fraction of sp³-hybridized carbons (Fsp3) is 0.571. The molecule has 0 radical (unpaired) electrons. The number of hydrogen-bond acceptors (Lipinski definition) is 4. The predicted octanol–water partition coefficient (Wildman–Crippen LogP) is 1.56. The molecule has 11 heavy (non-hydrogen) atoms. The molecule has 1 heterocycles. The highest BCUT2D eigenvalue weighted by Crippen LogP contribution is 2.20. The van der Waals surface area contributed by atoms with Crippen molar-refractivity contribution in [3.63, 3.8) is 0 Å². The van der Waals surface area contributed by atoms with E-state index < -0.39 is 0 Å². The molecule has 0 spiro atoms. The number of aromatic nitrogens is 1.